The van der Waals surface area contributed by atoms with E-state index in [1.54, 1.807) is 12.1 Å². The van der Waals surface area contributed by atoms with E-state index in [0.29, 0.717) is 12.1 Å². The Morgan fingerprint density at radius 3 is 2.95 bits per heavy atom. The van der Waals surface area contributed by atoms with E-state index in [9.17, 15) is 15.0 Å². The Morgan fingerprint density at radius 1 is 1.38 bits per heavy atom. The summed E-state index contributed by atoms with van der Waals surface area (Å²) >= 11 is 0. The first-order valence-electron chi connectivity index (χ1n) is 7.19. The number of hydrogen-bond acceptors (Lipinski definition) is 5. The molecule has 2 unspecified atom stereocenters. The Balaban J connectivity index is 1.92. The third-order valence-corrected chi connectivity index (χ3v) is 4.15. The van der Waals surface area contributed by atoms with Gasteiger partial charge >= 0.3 is 5.63 Å². The molecule has 112 valence electrons. The van der Waals surface area contributed by atoms with Crippen LogP contribution in [0.1, 0.15) is 18.9 Å². The third kappa shape index (κ3) is 2.94. The summed E-state index contributed by atoms with van der Waals surface area (Å²) in [6, 6.07) is 6.33. The van der Waals surface area contributed by atoms with E-state index >= 15 is 0 Å². The van der Waals surface area contributed by atoms with Gasteiger partial charge in [-0.2, -0.15) is 0 Å². The van der Waals surface area contributed by atoms with Crippen molar-refractivity contribution in [2.24, 2.45) is 5.92 Å². The first kappa shape index (κ1) is 14.1. The van der Waals surface area contributed by atoms with E-state index in [1.165, 1.54) is 12.1 Å². The van der Waals surface area contributed by atoms with E-state index in [1.807, 2.05) is 6.92 Å². The maximum atomic E-state index is 11.7. The number of aliphatic hydroxyl groups excluding tert-OH is 1. The maximum Gasteiger partial charge on any atom is 0.336 e. The van der Waals surface area contributed by atoms with Gasteiger partial charge in [-0.3, -0.25) is 4.90 Å². The Bertz CT molecular complexity index is 709. The van der Waals surface area contributed by atoms with Crippen LogP contribution in [0.25, 0.3) is 11.0 Å². The molecule has 2 aromatic rings. The highest BCUT2D eigenvalue weighted by atomic mass is 16.4. The SMILES string of the molecule is CC1CN(Cc2cc(=O)oc3cc(O)ccc23)CCC1O. The molecule has 1 aromatic heterocycles. The minimum absolute atomic E-state index is 0.0810. The predicted octanol–water partition coefficient (Wildman–Crippen LogP) is 1.70. The van der Waals surface area contributed by atoms with Gasteiger partial charge in [0.2, 0.25) is 0 Å². The maximum absolute atomic E-state index is 11.7. The largest absolute Gasteiger partial charge is 0.508 e. The molecule has 0 amide bonds. The van der Waals surface area contributed by atoms with E-state index < -0.39 is 5.63 Å². The summed E-state index contributed by atoms with van der Waals surface area (Å²) in [7, 11) is 0. The Labute approximate surface area is 122 Å². The zero-order chi connectivity index (χ0) is 15.0. The van der Waals surface area contributed by atoms with Crippen LogP contribution in [0.15, 0.2) is 33.5 Å². The fourth-order valence-corrected chi connectivity index (χ4v) is 2.95. The van der Waals surface area contributed by atoms with Gasteiger partial charge in [0.1, 0.15) is 11.3 Å². The van der Waals surface area contributed by atoms with Crippen LogP contribution in [-0.4, -0.2) is 34.3 Å². The van der Waals surface area contributed by atoms with Crippen molar-refractivity contribution in [3.05, 3.63) is 40.2 Å². The normalized spacial score (nSPS) is 23.5. The summed E-state index contributed by atoms with van der Waals surface area (Å²) in [5.74, 6) is 0.312. The molecular formula is C16H19NO4. The number of aliphatic hydroxyl groups is 1. The van der Waals surface area contributed by atoms with Crippen LogP contribution in [0, 0.1) is 5.92 Å². The van der Waals surface area contributed by atoms with Gasteiger partial charge in [-0.1, -0.05) is 6.92 Å². The first-order chi connectivity index (χ1) is 10.0. The number of benzene rings is 1. The van der Waals surface area contributed by atoms with Gasteiger partial charge in [0.05, 0.1) is 6.10 Å². The summed E-state index contributed by atoms with van der Waals surface area (Å²) in [5, 5.41) is 20.1. The number of likely N-dealkylation sites (tertiary alicyclic amines) is 1. The zero-order valence-electron chi connectivity index (χ0n) is 12.0. The molecule has 0 bridgehead atoms. The Kier molecular flexibility index (Phi) is 3.69. The molecule has 2 atom stereocenters. The van der Waals surface area contributed by atoms with Crippen molar-refractivity contribution in [1.82, 2.24) is 4.90 Å². The van der Waals surface area contributed by atoms with Crippen LogP contribution in [0.4, 0.5) is 0 Å². The first-order valence-corrected chi connectivity index (χ1v) is 7.19. The number of aromatic hydroxyl groups is 1. The van der Waals surface area contributed by atoms with Gasteiger partial charge in [-0.15, -0.1) is 0 Å². The second-order valence-corrected chi connectivity index (χ2v) is 5.84. The molecule has 1 fully saturated rings. The fourth-order valence-electron chi connectivity index (χ4n) is 2.95. The van der Waals surface area contributed by atoms with E-state index in [2.05, 4.69) is 4.90 Å². The molecule has 1 aromatic carbocycles. The molecule has 0 radical (unpaired) electrons. The lowest BCUT2D eigenvalue weighted by Gasteiger charge is -2.34. The van der Waals surface area contributed by atoms with Crippen LogP contribution < -0.4 is 5.63 Å². The molecule has 0 aliphatic carbocycles. The number of hydrogen-bond donors (Lipinski definition) is 2. The monoisotopic (exact) mass is 289 g/mol. The topological polar surface area (TPSA) is 73.9 Å². The fraction of sp³-hybridized carbons (Fsp3) is 0.438. The van der Waals surface area contributed by atoms with Gasteiger partial charge in [0.25, 0.3) is 0 Å². The van der Waals surface area contributed by atoms with Crippen LogP contribution in [-0.2, 0) is 6.54 Å². The lowest BCUT2D eigenvalue weighted by Crippen LogP contribution is -2.41. The van der Waals surface area contributed by atoms with Crippen molar-refractivity contribution in [1.29, 1.82) is 0 Å². The quantitative estimate of drug-likeness (QED) is 0.823. The van der Waals surface area contributed by atoms with Crippen molar-refractivity contribution in [2.75, 3.05) is 13.1 Å². The van der Waals surface area contributed by atoms with Crippen molar-refractivity contribution in [3.63, 3.8) is 0 Å². The highest BCUT2D eigenvalue weighted by Crippen LogP contribution is 2.24. The number of rotatable bonds is 2. The molecule has 1 saturated heterocycles. The summed E-state index contributed by atoms with van der Waals surface area (Å²) in [5.41, 5.74) is 0.889. The summed E-state index contributed by atoms with van der Waals surface area (Å²) < 4.78 is 5.14. The molecule has 1 aliphatic rings. The number of phenols is 1. The average molecular weight is 289 g/mol. The average Bonchev–Trinajstić information content (AvgIpc) is 2.42. The van der Waals surface area contributed by atoms with Crippen molar-refractivity contribution in [3.8, 4) is 5.75 Å². The lowest BCUT2D eigenvalue weighted by atomic mass is 9.96. The zero-order valence-corrected chi connectivity index (χ0v) is 12.0. The molecule has 2 heterocycles. The van der Waals surface area contributed by atoms with Crippen molar-refractivity contribution < 1.29 is 14.6 Å². The molecule has 21 heavy (non-hydrogen) atoms. The Hall–Kier alpha value is -1.85. The lowest BCUT2D eigenvalue weighted by molar-refractivity contribution is 0.0321. The standard InChI is InChI=1S/C16H19NO4/c1-10-8-17(5-4-14(10)19)9-11-6-16(20)21-15-7-12(18)2-3-13(11)15/h2-3,6-7,10,14,18-19H,4-5,8-9H2,1H3. The molecule has 1 aliphatic heterocycles. The molecule has 5 heteroatoms. The number of nitrogens with zero attached hydrogens (tertiary/aromatic N) is 1. The van der Waals surface area contributed by atoms with Crippen LogP contribution in [0.2, 0.25) is 0 Å². The van der Waals surface area contributed by atoms with Gasteiger partial charge in [-0.25, -0.2) is 4.79 Å². The van der Waals surface area contributed by atoms with Crippen LogP contribution >= 0.6 is 0 Å². The minimum Gasteiger partial charge on any atom is -0.508 e. The van der Waals surface area contributed by atoms with Gasteiger partial charge < -0.3 is 14.6 Å². The molecular weight excluding hydrogens is 270 g/mol. The molecule has 3 rings (SSSR count). The number of piperidine rings is 1. The van der Waals surface area contributed by atoms with Crippen molar-refractivity contribution >= 4 is 11.0 Å². The smallest absolute Gasteiger partial charge is 0.336 e. The van der Waals surface area contributed by atoms with Crippen LogP contribution in [0.5, 0.6) is 5.75 Å². The number of fused-ring (bicyclic) bond motifs is 1. The van der Waals surface area contributed by atoms with E-state index in [-0.39, 0.29) is 17.8 Å². The molecule has 0 saturated carbocycles. The summed E-state index contributed by atoms with van der Waals surface area (Å²) in [6.07, 6.45) is 0.511. The molecule has 0 spiro atoms. The van der Waals surface area contributed by atoms with E-state index in [4.69, 9.17) is 4.42 Å². The highest BCUT2D eigenvalue weighted by molar-refractivity contribution is 5.81. The van der Waals surface area contributed by atoms with E-state index in [0.717, 1.165) is 30.5 Å². The number of phenolic OH excluding ortho intramolecular Hbond substituents is 1. The summed E-state index contributed by atoms with van der Waals surface area (Å²) in [4.78, 5) is 13.9. The van der Waals surface area contributed by atoms with Crippen molar-refractivity contribution in [2.45, 2.75) is 26.0 Å². The predicted molar refractivity (Wildman–Crippen MR) is 79.2 cm³/mol. The molecule has 2 N–H and O–H groups in total. The second kappa shape index (κ2) is 5.50. The summed E-state index contributed by atoms with van der Waals surface area (Å²) in [6.45, 7) is 4.29. The Morgan fingerprint density at radius 2 is 2.19 bits per heavy atom. The van der Waals surface area contributed by atoms with Gasteiger partial charge in [0, 0.05) is 37.2 Å². The van der Waals surface area contributed by atoms with Gasteiger partial charge in [-0.05, 0) is 30.0 Å². The molecule has 5 nitrogen and oxygen atoms in total. The van der Waals surface area contributed by atoms with Gasteiger partial charge in [0.15, 0.2) is 0 Å². The van der Waals surface area contributed by atoms with Crippen LogP contribution in [0.3, 0.4) is 0 Å². The second-order valence-electron chi connectivity index (χ2n) is 5.84. The minimum atomic E-state index is -0.409. The third-order valence-electron chi connectivity index (χ3n) is 4.15. The highest BCUT2D eigenvalue weighted by Gasteiger charge is 2.24.